The molecule has 5 heteroatoms. The third-order valence-corrected chi connectivity index (χ3v) is 3.22. The number of amides is 1. The van der Waals surface area contributed by atoms with Crippen LogP contribution in [0.25, 0.3) is 0 Å². The minimum absolute atomic E-state index is 0. The van der Waals surface area contributed by atoms with Crippen LogP contribution < -0.4 is 0 Å². The van der Waals surface area contributed by atoms with Crippen LogP contribution in [0.2, 0.25) is 0 Å². The zero-order valence-electron chi connectivity index (χ0n) is 9.73. The number of pyridine rings is 1. The Morgan fingerprint density at radius 2 is 2.35 bits per heavy atom. The molecule has 0 saturated carbocycles. The number of alkyl halides is 1. The SMILES string of the molecule is CN1CC(CCCl)Cc2ncccc2C1=O.Cl. The summed E-state index contributed by atoms with van der Waals surface area (Å²) in [5.74, 6) is 1.12. The lowest BCUT2D eigenvalue weighted by Gasteiger charge is -2.19. The van der Waals surface area contributed by atoms with Gasteiger partial charge in [-0.3, -0.25) is 9.78 Å². The predicted molar refractivity (Wildman–Crippen MR) is 71.0 cm³/mol. The van der Waals surface area contributed by atoms with Gasteiger partial charge in [0.25, 0.3) is 5.91 Å². The lowest BCUT2D eigenvalue weighted by molar-refractivity contribution is 0.0782. The molecule has 1 amide bonds. The monoisotopic (exact) mass is 274 g/mol. The lowest BCUT2D eigenvalue weighted by Crippen LogP contribution is -2.29. The predicted octanol–water partition coefficient (Wildman–Crippen LogP) is 2.38. The van der Waals surface area contributed by atoms with Crippen molar-refractivity contribution in [2.45, 2.75) is 12.8 Å². The highest BCUT2D eigenvalue weighted by atomic mass is 35.5. The summed E-state index contributed by atoms with van der Waals surface area (Å²) < 4.78 is 0. The van der Waals surface area contributed by atoms with Gasteiger partial charge in [-0.25, -0.2) is 0 Å². The van der Waals surface area contributed by atoms with Crippen LogP contribution in [0.5, 0.6) is 0 Å². The number of carbonyl (C=O) groups is 1. The Hall–Kier alpha value is -0.800. The highest BCUT2D eigenvalue weighted by molar-refractivity contribution is 6.17. The first kappa shape index (κ1) is 14.3. The fourth-order valence-corrected chi connectivity index (χ4v) is 2.47. The van der Waals surface area contributed by atoms with Gasteiger partial charge in [0, 0.05) is 25.7 Å². The lowest BCUT2D eigenvalue weighted by atomic mass is 9.99. The summed E-state index contributed by atoms with van der Waals surface area (Å²) in [5, 5.41) is 0. The zero-order chi connectivity index (χ0) is 11.5. The molecule has 1 unspecified atom stereocenters. The van der Waals surface area contributed by atoms with Crippen LogP contribution in [-0.2, 0) is 6.42 Å². The Labute approximate surface area is 113 Å². The summed E-state index contributed by atoms with van der Waals surface area (Å²) >= 11 is 5.78. The van der Waals surface area contributed by atoms with Crippen molar-refractivity contribution in [3.05, 3.63) is 29.6 Å². The molecule has 1 aromatic rings. The van der Waals surface area contributed by atoms with Gasteiger partial charge in [0.05, 0.1) is 11.3 Å². The number of aromatic nitrogens is 1. The van der Waals surface area contributed by atoms with Gasteiger partial charge in [-0.05, 0) is 30.9 Å². The second kappa shape index (κ2) is 6.22. The number of carbonyl (C=O) groups excluding carboxylic acids is 1. The number of halogens is 2. The van der Waals surface area contributed by atoms with Crippen molar-refractivity contribution in [1.29, 1.82) is 0 Å². The quantitative estimate of drug-likeness (QED) is 0.776. The average molecular weight is 275 g/mol. The first-order valence-corrected chi connectivity index (χ1v) is 6.01. The van der Waals surface area contributed by atoms with Gasteiger partial charge in [-0.2, -0.15) is 0 Å². The van der Waals surface area contributed by atoms with Crippen molar-refractivity contribution in [1.82, 2.24) is 9.88 Å². The number of hydrogen-bond donors (Lipinski definition) is 0. The summed E-state index contributed by atoms with van der Waals surface area (Å²) in [6.07, 6.45) is 3.52. The molecule has 0 fully saturated rings. The van der Waals surface area contributed by atoms with E-state index < -0.39 is 0 Å². The van der Waals surface area contributed by atoms with Crippen LogP contribution in [0.3, 0.4) is 0 Å². The Balaban J connectivity index is 0.00000144. The summed E-state index contributed by atoms with van der Waals surface area (Å²) in [6.45, 7) is 0.766. The molecule has 0 aliphatic carbocycles. The summed E-state index contributed by atoms with van der Waals surface area (Å²) in [4.78, 5) is 18.1. The van der Waals surface area contributed by atoms with Gasteiger partial charge < -0.3 is 4.90 Å². The largest absolute Gasteiger partial charge is 0.341 e. The number of nitrogens with zero attached hydrogens (tertiary/aromatic N) is 2. The molecule has 0 spiro atoms. The molecule has 1 aromatic heterocycles. The highest BCUT2D eigenvalue weighted by Gasteiger charge is 2.25. The minimum atomic E-state index is 0. The van der Waals surface area contributed by atoms with E-state index in [2.05, 4.69) is 4.98 Å². The van der Waals surface area contributed by atoms with E-state index in [1.165, 1.54) is 0 Å². The molecule has 1 aliphatic rings. The topological polar surface area (TPSA) is 33.2 Å². The highest BCUT2D eigenvalue weighted by Crippen LogP contribution is 2.21. The first-order chi connectivity index (χ1) is 7.72. The van der Waals surface area contributed by atoms with Crippen LogP contribution in [0, 0.1) is 5.92 Å². The average Bonchev–Trinajstić information content (AvgIpc) is 2.39. The van der Waals surface area contributed by atoms with Gasteiger partial charge >= 0.3 is 0 Å². The maximum absolute atomic E-state index is 12.0. The molecule has 94 valence electrons. The zero-order valence-corrected chi connectivity index (χ0v) is 11.3. The smallest absolute Gasteiger partial charge is 0.255 e. The van der Waals surface area contributed by atoms with Crippen molar-refractivity contribution in [2.75, 3.05) is 19.5 Å². The van der Waals surface area contributed by atoms with E-state index in [9.17, 15) is 4.79 Å². The van der Waals surface area contributed by atoms with Crippen LogP contribution in [-0.4, -0.2) is 35.3 Å². The van der Waals surface area contributed by atoms with Gasteiger partial charge in [-0.1, -0.05) is 0 Å². The molecule has 17 heavy (non-hydrogen) atoms. The second-order valence-electron chi connectivity index (χ2n) is 4.23. The van der Waals surface area contributed by atoms with E-state index in [1.807, 2.05) is 19.2 Å². The third kappa shape index (κ3) is 3.11. The third-order valence-electron chi connectivity index (χ3n) is 3.00. The van der Waals surface area contributed by atoms with Crippen LogP contribution in [0.15, 0.2) is 18.3 Å². The summed E-state index contributed by atoms with van der Waals surface area (Å²) in [5.41, 5.74) is 1.65. The first-order valence-electron chi connectivity index (χ1n) is 5.47. The van der Waals surface area contributed by atoms with Crippen molar-refractivity contribution in [3.63, 3.8) is 0 Å². The number of fused-ring (bicyclic) bond motifs is 1. The molecular weight excluding hydrogens is 259 g/mol. The van der Waals surface area contributed by atoms with E-state index in [0.717, 1.165) is 30.6 Å². The summed E-state index contributed by atoms with van der Waals surface area (Å²) in [7, 11) is 1.84. The summed E-state index contributed by atoms with van der Waals surface area (Å²) in [6, 6.07) is 3.66. The van der Waals surface area contributed by atoms with Crippen molar-refractivity contribution < 1.29 is 4.79 Å². The maximum atomic E-state index is 12.0. The standard InChI is InChI=1S/C12H15ClN2O.ClH/c1-15-8-9(4-5-13)7-11-10(12(15)16)3-2-6-14-11;/h2-3,6,9H,4-5,7-8H2,1H3;1H. The van der Waals surface area contributed by atoms with Crippen LogP contribution in [0.1, 0.15) is 22.5 Å². The Kier molecular flexibility index (Phi) is 5.22. The molecule has 3 nitrogen and oxygen atoms in total. The Morgan fingerprint density at radius 1 is 1.59 bits per heavy atom. The van der Waals surface area contributed by atoms with Gasteiger partial charge in [0.15, 0.2) is 0 Å². The molecule has 1 atom stereocenters. The maximum Gasteiger partial charge on any atom is 0.255 e. The molecular formula is C12H16Cl2N2O. The molecule has 2 heterocycles. The number of hydrogen-bond acceptors (Lipinski definition) is 2. The molecule has 0 radical (unpaired) electrons. The van der Waals surface area contributed by atoms with Crippen molar-refractivity contribution >= 4 is 29.9 Å². The Morgan fingerprint density at radius 3 is 3.06 bits per heavy atom. The Bertz CT molecular complexity index is 398. The minimum Gasteiger partial charge on any atom is -0.341 e. The second-order valence-corrected chi connectivity index (χ2v) is 4.61. The van der Waals surface area contributed by atoms with E-state index in [0.29, 0.717) is 11.8 Å². The normalized spacial score (nSPS) is 19.3. The van der Waals surface area contributed by atoms with Crippen molar-refractivity contribution in [3.8, 4) is 0 Å². The van der Waals surface area contributed by atoms with E-state index in [1.54, 1.807) is 11.1 Å². The molecule has 2 rings (SSSR count). The van der Waals surface area contributed by atoms with Gasteiger partial charge in [0.1, 0.15) is 0 Å². The molecule has 0 N–H and O–H groups in total. The van der Waals surface area contributed by atoms with Crippen LogP contribution >= 0.6 is 24.0 Å². The van der Waals surface area contributed by atoms with Gasteiger partial charge in [0.2, 0.25) is 0 Å². The number of rotatable bonds is 2. The molecule has 0 saturated heterocycles. The fraction of sp³-hybridized carbons (Fsp3) is 0.500. The van der Waals surface area contributed by atoms with Gasteiger partial charge in [-0.15, -0.1) is 24.0 Å². The molecule has 0 aromatic carbocycles. The van der Waals surface area contributed by atoms with E-state index in [-0.39, 0.29) is 18.3 Å². The molecule has 1 aliphatic heterocycles. The fourth-order valence-electron chi connectivity index (χ4n) is 2.16. The van der Waals surface area contributed by atoms with E-state index >= 15 is 0 Å². The van der Waals surface area contributed by atoms with Crippen LogP contribution in [0.4, 0.5) is 0 Å². The van der Waals surface area contributed by atoms with Crippen molar-refractivity contribution in [2.24, 2.45) is 5.92 Å². The molecule has 0 bridgehead atoms. The van der Waals surface area contributed by atoms with E-state index in [4.69, 9.17) is 11.6 Å².